The third kappa shape index (κ3) is 4.16. The predicted octanol–water partition coefficient (Wildman–Crippen LogP) is 2.72. The fourth-order valence-electron chi connectivity index (χ4n) is 2.20. The van der Waals surface area contributed by atoms with Crippen LogP contribution in [0.2, 0.25) is 0 Å². The average molecular weight is 331 g/mol. The van der Waals surface area contributed by atoms with Gasteiger partial charge in [-0.1, -0.05) is 30.3 Å². The summed E-state index contributed by atoms with van der Waals surface area (Å²) in [6, 6.07) is 9.78. The minimum Gasteiger partial charge on any atom is -0.355 e. The lowest BCUT2D eigenvalue weighted by atomic mass is 10.2. The second-order valence-electron chi connectivity index (χ2n) is 5.07. The fourth-order valence-corrected chi connectivity index (χ4v) is 3.24. The Bertz CT molecular complexity index is 682. The van der Waals surface area contributed by atoms with E-state index in [0.29, 0.717) is 23.7 Å². The molecule has 6 heteroatoms. The molecular weight excluding hydrogens is 310 g/mol. The van der Waals surface area contributed by atoms with Crippen LogP contribution in [0.4, 0.5) is 0 Å². The van der Waals surface area contributed by atoms with Crippen LogP contribution in [-0.4, -0.2) is 41.3 Å². The van der Waals surface area contributed by atoms with Gasteiger partial charge in [-0.3, -0.25) is 9.59 Å². The zero-order valence-corrected chi connectivity index (χ0v) is 14.4. The highest BCUT2D eigenvalue weighted by Gasteiger charge is 2.22. The number of aromatic nitrogens is 1. The number of likely N-dealkylation sites (N-methyl/N-ethyl adjacent to an activating group) is 2. The van der Waals surface area contributed by atoms with Gasteiger partial charge in [-0.25, -0.2) is 4.98 Å². The van der Waals surface area contributed by atoms with Crippen molar-refractivity contribution in [2.45, 2.75) is 20.8 Å². The van der Waals surface area contributed by atoms with E-state index in [9.17, 15) is 9.59 Å². The van der Waals surface area contributed by atoms with E-state index in [-0.39, 0.29) is 18.4 Å². The van der Waals surface area contributed by atoms with Gasteiger partial charge in [0.05, 0.1) is 12.2 Å². The topological polar surface area (TPSA) is 62.3 Å². The highest BCUT2D eigenvalue weighted by Crippen LogP contribution is 2.28. The third-order valence-corrected chi connectivity index (χ3v) is 4.58. The molecule has 1 aromatic carbocycles. The first-order valence-corrected chi connectivity index (χ1v) is 8.47. The van der Waals surface area contributed by atoms with Crippen molar-refractivity contribution in [2.75, 3.05) is 19.6 Å². The Labute approximate surface area is 140 Å². The van der Waals surface area contributed by atoms with Crippen molar-refractivity contribution in [3.05, 3.63) is 40.9 Å². The van der Waals surface area contributed by atoms with Gasteiger partial charge in [0.2, 0.25) is 5.91 Å². The third-order valence-electron chi connectivity index (χ3n) is 3.39. The molecule has 0 fully saturated rings. The first-order valence-electron chi connectivity index (χ1n) is 7.65. The molecule has 0 bridgehead atoms. The highest BCUT2D eigenvalue weighted by atomic mass is 32.1. The van der Waals surface area contributed by atoms with Crippen molar-refractivity contribution in [2.24, 2.45) is 0 Å². The smallest absolute Gasteiger partial charge is 0.266 e. The molecule has 1 N–H and O–H groups in total. The zero-order valence-electron chi connectivity index (χ0n) is 13.6. The average Bonchev–Trinajstić information content (AvgIpc) is 2.95. The maximum absolute atomic E-state index is 12.7. The van der Waals surface area contributed by atoms with Crippen LogP contribution in [0.15, 0.2) is 30.3 Å². The Morgan fingerprint density at radius 1 is 1.22 bits per heavy atom. The number of hydrogen-bond donors (Lipinski definition) is 1. The van der Waals surface area contributed by atoms with E-state index in [2.05, 4.69) is 10.3 Å². The van der Waals surface area contributed by atoms with Gasteiger partial charge in [0.15, 0.2) is 0 Å². The van der Waals surface area contributed by atoms with Crippen LogP contribution in [0.25, 0.3) is 10.6 Å². The fraction of sp³-hybridized carbons (Fsp3) is 0.353. The molecule has 1 aromatic heterocycles. The summed E-state index contributed by atoms with van der Waals surface area (Å²) in [5, 5.41) is 3.54. The number of carbonyl (C=O) groups is 2. The van der Waals surface area contributed by atoms with E-state index in [0.717, 1.165) is 10.6 Å². The minimum absolute atomic E-state index is 0.0706. The largest absolute Gasteiger partial charge is 0.355 e. The number of rotatable bonds is 6. The number of nitrogens with one attached hydrogen (secondary N) is 1. The molecule has 0 atom stereocenters. The molecule has 0 saturated carbocycles. The van der Waals surface area contributed by atoms with Crippen LogP contribution in [0.3, 0.4) is 0 Å². The van der Waals surface area contributed by atoms with E-state index in [1.807, 2.05) is 51.1 Å². The Kier molecular flexibility index (Phi) is 5.87. The van der Waals surface area contributed by atoms with Gasteiger partial charge < -0.3 is 10.2 Å². The first-order chi connectivity index (χ1) is 11.1. The number of benzene rings is 1. The van der Waals surface area contributed by atoms with E-state index in [1.165, 1.54) is 11.3 Å². The minimum atomic E-state index is -0.145. The van der Waals surface area contributed by atoms with Crippen molar-refractivity contribution in [3.63, 3.8) is 0 Å². The monoisotopic (exact) mass is 331 g/mol. The Balaban J connectivity index is 2.21. The molecule has 122 valence electrons. The lowest BCUT2D eigenvalue weighted by Gasteiger charge is -2.19. The quantitative estimate of drug-likeness (QED) is 0.885. The number of carbonyl (C=O) groups excluding carboxylic acids is 2. The second-order valence-corrected chi connectivity index (χ2v) is 6.07. The predicted molar refractivity (Wildman–Crippen MR) is 92.5 cm³/mol. The standard InChI is InChI=1S/C17H21N3O2S/c1-4-18-14(21)11-20(5-2)17(22)15-12(3)19-16(23-15)13-9-7-6-8-10-13/h6-10H,4-5,11H2,1-3H3,(H,18,21). The van der Waals surface area contributed by atoms with Crippen LogP contribution in [0.1, 0.15) is 29.2 Å². The van der Waals surface area contributed by atoms with Crippen molar-refractivity contribution in [1.82, 2.24) is 15.2 Å². The van der Waals surface area contributed by atoms with Crippen LogP contribution in [-0.2, 0) is 4.79 Å². The van der Waals surface area contributed by atoms with Crippen LogP contribution in [0.5, 0.6) is 0 Å². The normalized spacial score (nSPS) is 10.4. The van der Waals surface area contributed by atoms with Gasteiger partial charge in [0.25, 0.3) is 5.91 Å². The lowest BCUT2D eigenvalue weighted by Crippen LogP contribution is -2.40. The van der Waals surface area contributed by atoms with Crippen molar-refractivity contribution < 1.29 is 9.59 Å². The maximum atomic E-state index is 12.7. The summed E-state index contributed by atoms with van der Waals surface area (Å²) in [6.45, 7) is 6.66. The Morgan fingerprint density at radius 2 is 1.91 bits per heavy atom. The van der Waals surface area contributed by atoms with Crippen molar-refractivity contribution in [3.8, 4) is 10.6 Å². The molecule has 5 nitrogen and oxygen atoms in total. The molecule has 0 radical (unpaired) electrons. The molecule has 0 aliphatic carbocycles. The zero-order chi connectivity index (χ0) is 16.8. The molecule has 2 aromatic rings. The molecular formula is C17H21N3O2S. The van der Waals surface area contributed by atoms with Crippen LogP contribution < -0.4 is 5.32 Å². The van der Waals surface area contributed by atoms with Crippen molar-refractivity contribution >= 4 is 23.2 Å². The first kappa shape index (κ1) is 17.1. The van der Waals surface area contributed by atoms with Crippen LogP contribution in [0, 0.1) is 6.92 Å². The second kappa shape index (κ2) is 7.87. The summed E-state index contributed by atoms with van der Waals surface area (Å²) < 4.78 is 0. The van der Waals surface area contributed by atoms with E-state index < -0.39 is 0 Å². The molecule has 0 spiro atoms. The summed E-state index contributed by atoms with van der Waals surface area (Å²) in [5.74, 6) is -0.288. The molecule has 23 heavy (non-hydrogen) atoms. The molecule has 0 unspecified atom stereocenters. The summed E-state index contributed by atoms with van der Waals surface area (Å²) in [6.07, 6.45) is 0. The van der Waals surface area contributed by atoms with Gasteiger partial charge >= 0.3 is 0 Å². The van der Waals surface area contributed by atoms with Gasteiger partial charge in [0, 0.05) is 18.7 Å². The van der Waals surface area contributed by atoms with E-state index >= 15 is 0 Å². The van der Waals surface area contributed by atoms with Crippen molar-refractivity contribution in [1.29, 1.82) is 0 Å². The molecule has 1 heterocycles. The number of hydrogen-bond acceptors (Lipinski definition) is 4. The van der Waals surface area contributed by atoms with Gasteiger partial charge in [0.1, 0.15) is 9.88 Å². The number of aryl methyl sites for hydroxylation is 1. The van der Waals surface area contributed by atoms with Crippen LogP contribution >= 0.6 is 11.3 Å². The molecule has 2 rings (SSSR count). The molecule has 0 saturated heterocycles. The summed E-state index contributed by atoms with van der Waals surface area (Å²) >= 11 is 1.37. The number of amides is 2. The van der Waals surface area contributed by atoms with Gasteiger partial charge in [-0.2, -0.15) is 0 Å². The maximum Gasteiger partial charge on any atom is 0.266 e. The highest BCUT2D eigenvalue weighted by molar-refractivity contribution is 7.17. The SMILES string of the molecule is CCNC(=O)CN(CC)C(=O)c1sc(-c2ccccc2)nc1C. The number of thiazole rings is 1. The molecule has 2 amide bonds. The van der Waals surface area contributed by atoms with Gasteiger partial charge in [-0.15, -0.1) is 11.3 Å². The van der Waals surface area contributed by atoms with Gasteiger partial charge in [-0.05, 0) is 20.8 Å². The summed E-state index contributed by atoms with van der Waals surface area (Å²) in [4.78, 5) is 31.1. The van der Waals surface area contributed by atoms with E-state index in [1.54, 1.807) is 4.90 Å². The summed E-state index contributed by atoms with van der Waals surface area (Å²) in [7, 11) is 0. The Hall–Kier alpha value is -2.21. The van der Waals surface area contributed by atoms with E-state index in [4.69, 9.17) is 0 Å². The lowest BCUT2D eigenvalue weighted by molar-refractivity contribution is -0.121. The molecule has 0 aliphatic rings. The Morgan fingerprint density at radius 3 is 2.52 bits per heavy atom. The summed E-state index contributed by atoms with van der Waals surface area (Å²) in [5.41, 5.74) is 1.69. The molecule has 0 aliphatic heterocycles. The number of nitrogens with zero attached hydrogens (tertiary/aromatic N) is 2.